The highest BCUT2D eigenvalue weighted by Gasteiger charge is 2.14. The van der Waals surface area contributed by atoms with Crippen LogP contribution in [0, 0.1) is 13.8 Å². The van der Waals surface area contributed by atoms with Crippen molar-refractivity contribution in [1.82, 2.24) is 20.1 Å². The van der Waals surface area contributed by atoms with Crippen LogP contribution in [-0.2, 0) is 18.4 Å². The van der Waals surface area contributed by atoms with Gasteiger partial charge in [0.05, 0.1) is 5.75 Å². The number of amides is 1. The largest absolute Gasteiger partial charge is 0.351 e. The van der Waals surface area contributed by atoms with Gasteiger partial charge < -0.3 is 9.88 Å². The number of aryl methyl sites for hydroxylation is 2. The number of carbonyl (C=O) groups is 1. The Hall–Kier alpha value is -2.60. The summed E-state index contributed by atoms with van der Waals surface area (Å²) >= 11 is 1.39. The second kappa shape index (κ2) is 8.19. The van der Waals surface area contributed by atoms with Crippen molar-refractivity contribution in [2.45, 2.75) is 25.5 Å². The van der Waals surface area contributed by atoms with Crippen LogP contribution in [0.1, 0.15) is 16.7 Å². The Morgan fingerprint density at radius 1 is 1.08 bits per heavy atom. The number of thioether (sulfide) groups is 1. The molecule has 0 fully saturated rings. The molecule has 0 bridgehead atoms. The van der Waals surface area contributed by atoms with Crippen LogP contribution in [0.15, 0.2) is 53.7 Å². The summed E-state index contributed by atoms with van der Waals surface area (Å²) in [6, 6.07) is 16.2. The average Bonchev–Trinajstić information content (AvgIpc) is 3.00. The van der Waals surface area contributed by atoms with E-state index in [1.165, 1.54) is 17.3 Å². The molecule has 1 heterocycles. The minimum Gasteiger partial charge on any atom is -0.351 e. The second-order valence-corrected chi connectivity index (χ2v) is 7.17. The Morgan fingerprint density at radius 2 is 1.81 bits per heavy atom. The van der Waals surface area contributed by atoms with Crippen molar-refractivity contribution in [2.75, 3.05) is 5.75 Å². The third kappa shape index (κ3) is 4.32. The van der Waals surface area contributed by atoms with Crippen LogP contribution in [0.4, 0.5) is 0 Å². The Labute approximate surface area is 157 Å². The molecular formula is C20H22N4OS. The minimum absolute atomic E-state index is 0.0176. The maximum Gasteiger partial charge on any atom is 0.230 e. The van der Waals surface area contributed by atoms with Crippen molar-refractivity contribution < 1.29 is 4.79 Å². The molecule has 1 amide bonds. The Kier molecular flexibility index (Phi) is 5.73. The molecule has 0 radical (unpaired) electrons. The Morgan fingerprint density at radius 3 is 2.54 bits per heavy atom. The van der Waals surface area contributed by atoms with E-state index >= 15 is 0 Å². The highest BCUT2D eigenvalue weighted by Crippen LogP contribution is 2.24. The van der Waals surface area contributed by atoms with Gasteiger partial charge in [-0.2, -0.15) is 0 Å². The zero-order valence-electron chi connectivity index (χ0n) is 15.2. The summed E-state index contributed by atoms with van der Waals surface area (Å²) in [4.78, 5) is 12.1. The summed E-state index contributed by atoms with van der Waals surface area (Å²) in [6.07, 6.45) is 0. The van der Waals surface area contributed by atoms with E-state index in [0.29, 0.717) is 12.3 Å². The Bertz CT molecular complexity index is 902. The van der Waals surface area contributed by atoms with Gasteiger partial charge in [-0.3, -0.25) is 4.79 Å². The fourth-order valence-corrected chi connectivity index (χ4v) is 3.33. The molecule has 1 aromatic heterocycles. The molecule has 0 aliphatic heterocycles. The molecular weight excluding hydrogens is 344 g/mol. The van der Waals surface area contributed by atoms with E-state index in [9.17, 15) is 4.79 Å². The molecule has 134 valence electrons. The van der Waals surface area contributed by atoms with Gasteiger partial charge in [0, 0.05) is 19.2 Å². The number of carbonyl (C=O) groups excluding carboxylic acids is 1. The number of aromatic nitrogens is 3. The third-order valence-electron chi connectivity index (χ3n) is 4.16. The third-order valence-corrected chi connectivity index (χ3v) is 5.18. The van der Waals surface area contributed by atoms with Gasteiger partial charge >= 0.3 is 0 Å². The molecule has 2 aromatic carbocycles. The quantitative estimate of drug-likeness (QED) is 0.678. The molecule has 3 rings (SSSR count). The van der Waals surface area contributed by atoms with Gasteiger partial charge in [0.1, 0.15) is 0 Å². The smallest absolute Gasteiger partial charge is 0.230 e. The highest BCUT2D eigenvalue weighted by molar-refractivity contribution is 7.99. The molecule has 6 heteroatoms. The van der Waals surface area contributed by atoms with Gasteiger partial charge in [-0.25, -0.2) is 0 Å². The molecule has 0 aliphatic carbocycles. The SMILES string of the molecule is Cc1ccc(CNC(=O)CSc2nnc(-c3ccccc3C)n2C)cc1. The van der Waals surface area contributed by atoms with Crippen LogP contribution >= 0.6 is 11.8 Å². The second-order valence-electron chi connectivity index (χ2n) is 6.23. The van der Waals surface area contributed by atoms with Crippen LogP contribution in [0.3, 0.4) is 0 Å². The van der Waals surface area contributed by atoms with E-state index < -0.39 is 0 Å². The van der Waals surface area contributed by atoms with Crippen LogP contribution < -0.4 is 5.32 Å². The highest BCUT2D eigenvalue weighted by atomic mass is 32.2. The molecule has 0 saturated heterocycles. The molecule has 0 unspecified atom stereocenters. The maximum absolute atomic E-state index is 12.1. The normalized spacial score (nSPS) is 10.7. The zero-order chi connectivity index (χ0) is 18.5. The lowest BCUT2D eigenvalue weighted by molar-refractivity contribution is -0.118. The molecule has 5 nitrogen and oxygen atoms in total. The summed E-state index contributed by atoms with van der Waals surface area (Å²) < 4.78 is 1.93. The fourth-order valence-electron chi connectivity index (χ4n) is 2.59. The summed E-state index contributed by atoms with van der Waals surface area (Å²) in [5.74, 6) is 1.10. The predicted molar refractivity (Wildman–Crippen MR) is 105 cm³/mol. The van der Waals surface area contributed by atoms with Crippen LogP contribution in [0.2, 0.25) is 0 Å². The van der Waals surface area contributed by atoms with Crippen molar-refractivity contribution in [3.05, 3.63) is 65.2 Å². The van der Waals surface area contributed by atoms with Gasteiger partial charge in [-0.1, -0.05) is 65.9 Å². The van der Waals surface area contributed by atoms with E-state index in [-0.39, 0.29) is 5.91 Å². The topological polar surface area (TPSA) is 59.8 Å². The summed E-state index contributed by atoms with van der Waals surface area (Å²) in [5.41, 5.74) is 4.50. The molecule has 0 spiro atoms. The molecule has 3 aromatic rings. The van der Waals surface area contributed by atoms with Gasteiger partial charge in [-0.05, 0) is 25.0 Å². The van der Waals surface area contributed by atoms with Crippen molar-refractivity contribution in [2.24, 2.45) is 7.05 Å². The van der Waals surface area contributed by atoms with Gasteiger partial charge in [0.25, 0.3) is 0 Å². The monoisotopic (exact) mass is 366 g/mol. The molecule has 1 N–H and O–H groups in total. The van der Waals surface area contributed by atoms with Crippen molar-refractivity contribution in [1.29, 1.82) is 0 Å². The fraction of sp³-hybridized carbons (Fsp3) is 0.250. The number of nitrogens with one attached hydrogen (secondary N) is 1. The minimum atomic E-state index is -0.0176. The number of rotatable bonds is 6. The number of nitrogens with zero attached hydrogens (tertiary/aromatic N) is 3. The number of hydrogen-bond acceptors (Lipinski definition) is 4. The molecule has 0 aliphatic rings. The van der Waals surface area contributed by atoms with E-state index in [1.54, 1.807) is 0 Å². The summed E-state index contributed by atoms with van der Waals surface area (Å²) in [7, 11) is 1.92. The number of benzene rings is 2. The van der Waals surface area contributed by atoms with Crippen LogP contribution in [0.5, 0.6) is 0 Å². The van der Waals surface area contributed by atoms with Gasteiger partial charge in [0.2, 0.25) is 5.91 Å². The van der Waals surface area contributed by atoms with E-state index in [4.69, 9.17) is 0 Å². The first kappa shape index (κ1) is 18.2. The van der Waals surface area contributed by atoms with Crippen LogP contribution in [0.25, 0.3) is 11.4 Å². The van der Waals surface area contributed by atoms with Crippen molar-refractivity contribution in [3.63, 3.8) is 0 Å². The maximum atomic E-state index is 12.1. The van der Waals surface area contributed by atoms with E-state index in [2.05, 4.69) is 28.5 Å². The molecule has 26 heavy (non-hydrogen) atoms. The van der Waals surface area contributed by atoms with E-state index in [1.807, 2.05) is 61.0 Å². The molecule has 0 saturated carbocycles. The first-order valence-electron chi connectivity index (χ1n) is 8.45. The summed E-state index contributed by atoms with van der Waals surface area (Å²) in [5, 5.41) is 12.2. The van der Waals surface area contributed by atoms with Crippen molar-refractivity contribution >= 4 is 17.7 Å². The lowest BCUT2D eigenvalue weighted by Crippen LogP contribution is -2.24. The summed E-state index contributed by atoms with van der Waals surface area (Å²) in [6.45, 7) is 4.63. The lowest BCUT2D eigenvalue weighted by Gasteiger charge is -2.07. The van der Waals surface area contributed by atoms with Gasteiger partial charge in [-0.15, -0.1) is 10.2 Å². The standard InChI is InChI=1S/C20H22N4OS/c1-14-8-10-16(11-9-14)12-21-18(25)13-26-20-23-22-19(24(20)3)17-7-5-4-6-15(17)2/h4-11H,12-13H2,1-3H3,(H,21,25). The van der Waals surface area contributed by atoms with Gasteiger partial charge in [0.15, 0.2) is 11.0 Å². The predicted octanol–water partition coefficient (Wildman–Crippen LogP) is 3.51. The lowest BCUT2D eigenvalue weighted by atomic mass is 10.1. The first-order chi connectivity index (χ1) is 12.5. The zero-order valence-corrected chi connectivity index (χ0v) is 16.0. The van der Waals surface area contributed by atoms with Crippen molar-refractivity contribution in [3.8, 4) is 11.4 Å². The average molecular weight is 366 g/mol. The van der Waals surface area contributed by atoms with E-state index in [0.717, 1.165) is 27.7 Å². The first-order valence-corrected chi connectivity index (χ1v) is 9.43. The Balaban J connectivity index is 1.57. The molecule has 0 atom stereocenters. The number of hydrogen-bond donors (Lipinski definition) is 1. The van der Waals surface area contributed by atoms with Crippen LogP contribution in [-0.4, -0.2) is 26.4 Å².